The van der Waals surface area contributed by atoms with E-state index in [-0.39, 0.29) is 12.2 Å². The van der Waals surface area contributed by atoms with E-state index in [4.69, 9.17) is 0 Å². The van der Waals surface area contributed by atoms with Crippen LogP contribution in [0.4, 0.5) is 11.5 Å². The van der Waals surface area contributed by atoms with Gasteiger partial charge in [-0.05, 0) is 22.8 Å². The first-order valence-corrected chi connectivity index (χ1v) is 7.81. The summed E-state index contributed by atoms with van der Waals surface area (Å²) in [5.41, 5.74) is 2.93. The molecule has 2 N–H and O–H groups in total. The second-order valence-electron chi connectivity index (χ2n) is 5.54. The largest absolute Gasteiger partial charge is 0.387 e. The summed E-state index contributed by atoms with van der Waals surface area (Å²) in [4.78, 5) is 14.1. The maximum Gasteiger partial charge on any atom is 0.287 e. The molecule has 0 amide bonds. The molecule has 0 saturated heterocycles. The average Bonchev–Trinajstić information content (AvgIpc) is 2.67. The lowest BCUT2D eigenvalue weighted by Crippen LogP contribution is -2.12. The third-order valence-electron chi connectivity index (χ3n) is 3.84. The van der Waals surface area contributed by atoms with E-state index in [9.17, 15) is 15.2 Å². The smallest absolute Gasteiger partial charge is 0.287 e. The molecule has 3 aromatic rings. The first-order chi connectivity index (χ1) is 12.1. The molecule has 1 heterocycles. The molecule has 0 bridgehead atoms. The van der Waals surface area contributed by atoms with Crippen molar-refractivity contribution in [1.29, 1.82) is 0 Å². The number of anilines is 1. The lowest BCUT2D eigenvalue weighted by Gasteiger charge is -2.13. The third kappa shape index (κ3) is 4.19. The van der Waals surface area contributed by atoms with E-state index < -0.39 is 11.0 Å². The Balaban J connectivity index is 1.61. The number of aliphatic hydroxyl groups is 1. The van der Waals surface area contributed by atoms with Gasteiger partial charge in [0, 0.05) is 12.6 Å². The van der Waals surface area contributed by atoms with E-state index in [1.54, 1.807) is 0 Å². The molecule has 3 rings (SSSR count). The van der Waals surface area contributed by atoms with Crippen LogP contribution in [-0.2, 0) is 0 Å². The van der Waals surface area contributed by atoms with E-state index in [1.165, 1.54) is 18.3 Å². The van der Waals surface area contributed by atoms with Crippen LogP contribution in [0.2, 0.25) is 0 Å². The zero-order valence-electron chi connectivity index (χ0n) is 13.4. The van der Waals surface area contributed by atoms with Gasteiger partial charge in [0.25, 0.3) is 5.69 Å². The van der Waals surface area contributed by atoms with Gasteiger partial charge in [-0.3, -0.25) is 10.1 Å². The SMILES string of the molecule is O=[N+]([O-])c1ccc(NCC(O)c2ccc(-c3ccccc3)cc2)nc1. The molecular formula is C19H17N3O3. The fourth-order valence-electron chi connectivity index (χ4n) is 2.45. The summed E-state index contributed by atoms with van der Waals surface area (Å²) in [6, 6.07) is 20.6. The minimum Gasteiger partial charge on any atom is -0.387 e. The van der Waals surface area contributed by atoms with Gasteiger partial charge in [-0.2, -0.15) is 0 Å². The molecule has 1 unspecified atom stereocenters. The zero-order valence-corrected chi connectivity index (χ0v) is 13.4. The Kier molecular flexibility index (Phi) is 5.01. The van der Waals surface area contributed by atoms with E-state index in [0.29, 0.717) is 5.82 Å². The fourth-order valence-corrected chi connectivity index (χ4v) is 2.45. The molecule has 0 radical (unpaired) electrons. The molecule has 6 nitrogen and oxygen atoms in total. The first-order valence-electron chi connectivity index (χ1n) is 7.81. The van der Waals surface area contributed by atoms with Crippen LogP contribution in [-0.4, -0.2) is 21.6 Å². The highest BCUT2D eigenvalue weighted by Gasteiger charge is 2.09. The molecule has 25 heavy (non-hydrogen) atoms. The number of pyridine rings is 1. The van der Waals surface area contributed by atoms with Gasteiger partial charge in [-0.1, -0.05) is 54.6 Å². The van der Waals surface area contributed by atoms with Crippen LogP contribution < -0.4 is 5.32 Å². The van der Waals surface area contributed by atoms with Crippen molar-refractivity contribution in [3.05, 3.63) is 88.6 Å². The standard InChI is InChI=1S/C19H17N3O3/c23-18(13-21-19-11-10-17(12-20-19)22(24)25)16-8-6-15(7-9-16)14-4-2-1-3-5-14/h1-12,18,23H,13H2,(H,20,21). The van der Waals surface area contributed by atoms with Crippen molar-refractivity contribution in [1.82, 2.24) is 4.98 Å². The van der Waals surface area contributed by atoms with Crippen LogP contribution in [0.3, 0.4) is 0 Å². The van der Waals surface area contributed by atoms with Gasteiger partial charge < -0.3 is 10.4 Å². The molecule has 0 aliphatic heterocycles. The van der Waals surface area contributed by atoms with Crippen molar-refractivity contribution >= 4 is 11.5 Å². The van der Waals surface area contributed by atoms with Gasteiger partial charge in [-0.25, -0.2) is 4.98 Å². The summed E-state index contributed by atoms with van der Waals surface area (Å²) < 4.78 is 0. The molecule has 1 atom stereocenters. The second kappa shape index (κ2) is 7.55. The number of nitro groups is 1. The maximum atomic E-state index is 10.6. The number of aromatic nitrogens is 1. The maximum absolute atomic E-state index is 10.6. The Morgan fingerprint density at radius 1 is 1.00 bits per heavy atom. The van der Waals surface area contributed by atoms with Crippen molar-refractivity contribution in [2.45, 2.75) is 6.10 Å². The first kappa shape index (κ1) is 16.6. The van der Waals surface area contributed by atoms with E-state index in [1.807, 2.05) is 54.6 Å². The molecule has 6 heteroatoms. The van der Waals surface area contributed by atoms with Gasteiger partial charge in [0.05, 0.1) is 11.0 Å². The molecule has 1 aromatic heterocycles. The molecule has 0 aliphatic carbocycles. The minimum absolute atomic E-state index is 0.0670. The Bertz CT molecular complexity index is 834. The predicted octanol–water partition coefficient (Wildman–Crippen LogP) is 3.80. The summed E-state index contributed by atoms with van der Waals surface area (Å²) in [6.07, 6.45) is 0.477. The minimum atomic E-state index is -0.707. The topological polar surface area (TPSA) is 88.3 Å². The van der Waals surface area contributed by atoms with Crippen LogP contribution in [0.25, 0.3) is 11.1 Å². The molecular weight excluding hydrogens is 318 g/mol. The number of nitrogens with zero attached hydrogens (tertiary/aromatic N) is 2. The Labute approximate surface area is 144 Å². The fraction of sp³-hybridized carbons (Fsp3) is 0.105. The van der Waals surface area contributed by atoms with Gasteiger partial charge in [-0.15, -0.1) is 0 Å². The van der Waals surface area contributed by atoms with Crippen LogP contribution in [0.15, 0.2) is 72.9 Å². The molecule has 0 aliphatic rings. The van der Waals surface area contributed by atoms with Crippen LogP contribution in [0, 0.1) is 10.1 Å². The van der Waals surface area contributed by atoms with Crippen molar-refractivity contribution in [3.63, 3.8) is 0 Å². The predicted molar refractivity (Wildman–Crippen MR) is 96.2 cm³/mol. The number of benzene rings is 2. The van der Waals surface area contributed by atoms with E-state index >= 15 is 0 Å². The lowest BCUT2D eigenvalue weighted by molar-refractivity contribution is -0.385. The second-order valence-corrected chi connectivity index (χ2v) is 5.54. The number of hydrogen-bond acceptors (Lipinski definition) is 5. The van der Waals surface area contributed by atoms with Crippen molar-refractivity contribution in [3.8, 4) is 11.1 Å². The quantitative estimate of drug-likeness (QED) is 0.528. The highest BCUT2D eigenvalue weighted by molar-refractivity contribution is 5.63. The Hall–Kier alpha value is -3.25. The molecule has 0 fully saturated rings. The number of nitrogens with one attached hydrogen (secondary N) is 1. The van der Waals surface area contributed by atoms with Crippen molar-refractivity contribution in [2.75, 3.05) is 11.9 Å². The van der Waals surface area contributed by atoms with Gasteiger partial charge in [0.1, 0.15) is 12.0 Å². The summed E-state index contributed by atoms with van der Waals surface area (Å²) in [6.45, 7) is 0.259. The van der Waals surface area contributed by atoms with Crippen molar-refractivity contribution in [2.24, 2.45) is 0 Å². The van der Waals surface area contributed by atoms with Gasteiger partial charge >= 0.3 is 0 Å². The average molecular weight is 335 g/mol. The van der Waals surface area contributed by atoms with Crippen LogP contribution in [0.5, 0.6) is 0 Å². The number of rotatable bonds is 6. The molecule has 2 aromatic carbocycles. The third-order valence-corrected chi connectivity index (χ3v) is 3.84. The number of aliphatic hydroxyl groups excluding tert-OH is 1. The monoisotopic (exact) mass is 335 g/mol. The Morgan fingerprint density at radius 3 is 2.28 bits per heavy atom. The molecule has 126 valence electrons. The summed E-state index contributed by atoms with van der Waals surface area (Å²) >= 11 is 0. The summed E-state index contributed by atoms with van der Waals surface area (Å²) in [5, 5.41) is 23.9. The zero-order chi connectivity index (χ0) is 17.6. The van der Waals surface area contributed by atoms with Crippen molar-refractivity contribution < 1.29 is 10.0 Å². The lowest BCUT2D eigenvalue weighted by atomic mass is 10.0. The molecule has 0 spiro atoms. The number of hydrogen-bond donors (Lipinski definition) is 2. The molecule has 0 saturated carbocycles. The highest BCUT2D eigenvalue weighted by Crippen LogP contribution is 2.22. The Morgan fingerprint density at radius 2 is 1.68 bits per heavy atom. The summed E-state index contributed by atoms with van der Waals surface area (Å²) in [5.74, 6) is 0.477. The van der Waals surface area contributed by atoms with Gasteiger partial charge in [0.2, 0.25) is 0 Å². The van der Waals surface area contributed by atoms with Crippen LogP contribution in [0.1, 0.15) is 11.7 Å². The summed E-state index contributed by atoms with van der Waals surface area (Å²) in [7, 11) is 0. The van der Waals surface area contributed by atoms with Gasteiger partial charge in [0.15, 0.2) is 0 Å². The van der Waals surface area contributed by atoms with E-state index in [0.717, 1.165) is 16.7 Å². The van der Waals surface area contributed by atoms with E-state index in [2.05, 4.69) is 10.3 Å². The highest BCUT2D eigenvalue weighted by atomic mass is 16.6. The normalized spacial score (nSPS) is 11.7. The van der Waals surface area contributed by atoms with Crippen LogP contribution >= 0.6 is 0 Å².